The first-order chi connectivity index (χ1) is 13.1. The van der Waals surface area contributed by atoms with E-state index in [1.54, 1.807) is 6.07 Å². The van der Waals surface area contributed by atoms with Gasteiger partial charge in [0.2, 0.25) is 0 Å². The number of rotatable bonds is 3. The molecule has 0 aliphatic carbocycles. The van der Waals surface area contributed by atoms with Gasteiger partial charge in [-0.05, 0) is 48.5 Å². The molecule has 0 unspecified atom stereocenters. The van der Waals surface area contributed by atoms with E-state index >= 15 is 0 Å². The van der Waals surface area contributed by atoms with E-state index in [-0.39, 0.29) is 63.1 Å². The zero-order chi connectivity index (χ0) is 20.7. The average Bonchev–Trinajstić information content (AvgIpc) is 2.61. The van der Waals surface area contributed by atoms with E-state index < -0.39 is 10.1 Å². The summed E-state index contributed by atoms with van der Waals surface area (Å²) >= 11 is 0. The van der Waals surface area contributed by atoms with Crippen molar-refractivity contribution < 1.29 is 63.0 Å². The van der Waals surface area contributed by atoms with Gasteiger partial charge < -0.3 is 25.0 Å². The number of azo groups is 1. The molecule has 3 aromatic rings. The van der Waals surface area contributed by atoms with E-state index in [4.69, 9.17) is 15.3 Å². The maximum absolute atomic E-state index is 10.7. The van der Waals surface area contributed by atoms with Crippen LogP contribution in [0.5, 0.6) is 23.0 Å². The molecular formula is C18H15N2NaO7S. The van der Waals surface area contributed by atoms with Crippen LogP contribution in [-0.4, -0.2) is 33.4 Å². The Morgan fingerprint density at radius 3 is 1.72 bits per heavy atom. The van der Waals surface area contributed by atoms with Crippen LogP contribution in [0.1, 0.15) is 0 Å². The minimum Gasteiger partial charge on any atom is -0.744 e. The molecule has 0 bridgehead atoms. The van der Waals surface area contributed by atoms with Gasteiger partial charge in [0.25, 0.3) is 0 Å². The van der Waals surface area contributed by atoms with Crippen LogP contribution in [0.15, 0.2) is 81.9 Å². The van der Waals surface area contributed by atoms with Crippen molar-refractivity contribution in [3.63, 3.8) is 0 Å². The van der Waals surface area contributed by atoms with Gasteiger partial charge in [-0.2, -0.15) is 5.11 Å². The van der Waals surface area contributed by atoms with E-state index in [1.165, 1.54) is 42.5 Å². The van der Waals surface area contributed by atoms with Crippen LogP contribution in [-0.2, 0) is 10.1 Å². The predicted octanol–water partition coefficient (Wildman–Crippen LogP) is 0.519. The van der Waals surface area contributed by atoms with Gasteiger partial charge in [0.15, 0.2) is 0 Å². The third kappa shape index (κ3) is 8.10. The number of hydrogen-bond donors (Lipinski definition) is 4. The Balaban J connectivity index is 0.000000394. The fraction of sp³-hybridized carbons (Fsp3) is 0. The SMILES string of the molecule is O=S(=O)([O-])c1ccc(N=Nc2ccc(O)cc2O)cc1.Oc1cccc(O)c1.[Na+]. The minimum atomic E-state index is -4.49. The van der Waals surface area contributed by atoms with Crippen molar-refractivity contribution in [3.05, 3.63) is 66.7 Å². The van der Waals surface area contributed by atoms with Crippen LogP contribution in [0.25, 0.3) is 0 Å². The van der Waals surface area contributed by atoms with E-state index in [0.717, 1.165) is 18.2 Å². The molecule has 0 radical (unpaired) electrons. The number of hydrogen-bond acceptors (Lipinski definition) is 9. The first-order valence-electron chi connectivity index (χ1n) is 7.63. The second kappa shape index (κ2) is 10.8. The molecule has 0 aliphatic heterocycles. The predicted molar refractivity (Wildman–Crippen MR) is 98.1 cm³/mol. The molecule has 0 aliphatic rings. The molecule has 3 rings (SSSR count). The van der Waals surface area contributed by atoms with Crippen molar-refractivity contribution in [3.8, 4) is 23.0 Å². The number of aromatic hydroxyl groups is 4. The van der Waals surface area contributed by atoms with Crippen molar-refractivity contribution in [2.24, 2.45) is 10.2 Å². The molecule has 9 nitrogen and oxygen atoms in total. The van der Waals surface area contributed by atoms with Crippen LogP contribution in [0.4, 0.5) is 11.4 Å². The molecule has 0 aromatic heterocycles. The Morgan fingerprint density at radius 1 is 0.724 bits per heavy atom. The second-order valence-electron chi connectivity index (χ2n) is 5.34. The maximum atomic E-state index is 10.7. The standard InChI is InChI=1S/C12H10N2O5S.C6H6O2.Na/c15-9-3-6-11(12(16)7-9)14-13-8-1-4-10(5-2-8)20(17,18)19;7-5-2-1-3-6(8)4-5;/h1-7,15-16H,(H,17,18,19);1-4,7-8H;/q;;+1/p-1. The molecule has 0 heterocycles. The van der Waals surface area contributed by atoms with Gasteiger partial charge in [-0.15, -0.1) is 5.11 Å². The van der Waals surface area contributed by atoms with Gasteiger partial charge in [-0.25, -0.2) is 8.42 Å². The zero-order valence-electron chi connectivity index (χ0n) is 15.2. The summed E-state index contributed by atoms with van der Waals surface area (Å²) in [4.78, 5) is -0.357. The molecule has 0 fully saturated rings. The quantitative estimate of drug-likeness (QED) is 0.269. The van der Waals surface area contributed by atoms with Crippen molar-refractivity contribution >= 4 is 21.5 Å². The van der Waals surface area contributed by atoms with Crippen molar-refractivity contribution in [2.75, 3.05) is 0 Å². The third-order valence-electron chi connectivity index (χ3n) is 3.19. The molecule has 0 saturated heterocycles. The Kier molecular flexibility index (Phi) is 9.08. The van der Waals surface area contributed by atoms with Gasteiger partial charge >= 0.3 is 29.6 Å². The summed E-state index contributed by atoms with van der Waals surface area (Å²) in [7, 11) is -4.49. The van der Waals surface area contributed by atoms with Gasteiger partial charge in [0, 0.05) is 12.1 Å². The Morgan fingerprint density at radius 2 is 1.28 bits per heavy atom. The van der Waals surface area contributed by atoms with Crippen LogP contribution in [0.2, 0.25) is 0 Å². The second-order valence-corrected chi connectivity index (χ2v) is 6.72. The van der Waals surface area contributed by atoms with Crippen LogP contribution in [0.3, 0.4) is 0 Å². The molecule has 0 spiro atoms. The molecule has 0 amide bonds. The molecule has 0 saturated carbocycles. The van der Waals surface area contributed by atoms with Gasteiger partial charge in [0.1, 0.15) is 38.8 Å². The van der Waals surface area contributed by atoms with Crippen molar-refractivity contribution in [1.29, 1.82) is 0 Å². The summed E-state index contributed by atoms with van der Waals surface area (Å²) in [5, 5.41) is 43.4. The summed E-state index contributed by atoms with van der Waals surface area (Å²) < 4.78 is 32.2. The molecule has 0 atom stereocenters. The summed E-state index contributed by atoms with van der Waals surface area (Å²) in [5.41, 5.74) is 0.452. The largest absolute Gasteiger partial charge is 1.00 e. The number of benzene rings is 3. The van der Waals surface area contributed by atoms with E-state index in [0.29, 0.717) is 5.69 Å². The monoisotopic (exact) mass is 426 g/mol. The smallest absolute Gasteiger partial charge is 0.744 e. The van der Waals surface area contributed by atoms with Gasteiger partial charge in [0.05, 0.1) is 10.6 Å². The topological polar surface area (TPSA) is 163 Å². The third-order valence-corrected chi connectivity index (χ3v) is 4.04. The number of nitrogens with zero attached hydrogens (tertiary/aromatic N) is 2. The minimum absolute atomic E-state index is 0. The van der Waals surface area contributed by atoms with E-state index in [2.05, 4.69) is 10.2 Å². The van der Waals surface area contributed by atoms with Crippen molar-refractivity contribution in [2.45, 2.75) is 4.90 Å². The first kappa shape index (κ1) is 24.4. The summed E-state index contributed by atoms with van der Waals surface area (Å²) in [5.74, 6) is -0.172. The summed E-state index contributed by atoms with van der Waals surface area (Å²) in [6, 6.07) is 14.5. The fourth-order valence-corrected chi connectivity index (χ4v) is 2.35. The Hall–Kier alpha value is -2.63. The normalized spacial score (nSPS) is 10.7. The molecular weight excluding hydrogens is 411 g/mol. The van der Waals surface area contributed by atoms with Crippen molar-refractivity contribution in [1.82, 2.24) is 0 Å². The summed E-state index contributed by atoms with van der Waals surface area (Å²) in [6.45, 7) is 0. The van der Waals surface area contributed by atoms with E-state index in [9.17, 15) is 18.1 Å². The molecule has 146 valence electrons. The van der Waals surface area contributed by atoms with Gasteiger partial charge in [-0.3, -0.25) is 0 Å². The molecule has 29 heavy (non-hydrogen) atoms. The summed E-state index contributed by atoms with van der Waals surface area (Å²) in [6.07, 6.45) is 0. The average molecular weight is 426 g/mol. The Labute approximate surface area is 188 Å². The zero-order valence-corrected chi connectivity index (χ0v) is 18.0. The maximum Gasteiger partial charge on any atom is 1.00 e. The molecule has 11 heteroatoms. The van der Waals surface area contributed by atoms with Crippen LogP contribution >= 0.6 is 0 Å². The molecule has 3 aromatic carbocycles. The fourth-order valence-electron chi connectivity index (χ4n) is 1.88. The number of phenolic OH excluding ortho intramolecular Hbond substituents is 4. The van der Waals surface area contributed by atoms with Crippen LogP contribution < -0.4 is 29.6 Å². The van der Waals surface area contributed by atoms with Gasteiger partial charge in [-0.1, -0.05) is 6.07 Å². The van der Waals surface area contributed by atoms with Crippen LogP contribution in [0, 0.1) is 0 Å². The first-order valence-corrected chi connectivity index (χ1v) is 9.03. The number of phenols is 4. The Bertz CT molecular complexity index is 1070. The molecule has 4 N–H and O–H groups in total. The van der Waals surface area contributed by atoms with E-state index in [1.807, 2.05) is 0 Å².